The average Bonchev–Trinajstić information content (AvgIpc) is 2.82. The van der Waals surface area contributed by atoms with Gasteiger partial charge in [0.1, 0.15) is 6.10 Å². The number of hydrogen-bond acceptors (Lipinski definition) is 7. The molecule has 34 heavy (non-hydrogen) atoms. The van der Waals surface area contributed by atoms with Gasteiger partial charge in [-0.2, -0.15) is 0 Å². The summed E-state index contributed by atoms with van der Waals surface area (Å²) in [5.41, 5.74) is -0.0943. The van der Waals surface area contributed by atoms with E-state index < -0.39 is 29.3 Å². The van der Waals surface area contributed by atoms with Crippen LogP contribution >= 0.6 is 0 Å². The largest absolute Gasteiger partial charge is 0.458 e. The number of benzene rings is 2. The summed E-state index contributed by atoms with van der Waals surface area (Å²) in [6.45, 7) is 5.76. The van der Waals surface area contributed by atoms with E-state index in [0.29, 0.717) is 11.8 Å². The fraction of sp³-hybridized carbons (Fsp3) is 0.423. The fourth-order valence-electron chi connectivity index (χ4n) is 4.38. The zero-order valence-electron chi connectivity index (χ0n) is 19.6. The van der Waals surface area contributed by atoms with E-state index in [0.717, 1.165) is 25.3 Å². The average molecular weight is 468 g/mol. The molecule has 0 N–H and O–H groups in total. The summed E-state index contributed by atoms with van der Waals surface area (Å²) in [5.74, 6) is -0.955. The molecule has 3 unspecified atom stereocenters. The van der Waals surface area contributed by atoms with Crippen molar-refractivity contribution in [1.29, 1.82) is 0 Å². The molecule has 2 aromatic rings. The van der Waals surface area contributed by atoms with Crippen molar-refractivity contribution in [2.45, 2.75) is 46.1 Å². The van der Waals surface area contributed by atoms with Crippen LogP contribution in [0.15, 0.2) is 48.5 Å². The molecule has 1 fully saturated rings. The van der Waals surface area contributed by atoms with Gasteiger partial charge in [-0.3, -0.25) is 14.9 Å². The molecule has 1 aliphatic rings. The number of Topliss-reactive ketones (excluding diaryl/α,β-unsaturated/α-hetero) is 1. The Kier molecular flexibility index (Phi) is 8.15. The molecule has 0 heterocycles. The minimum atomic E-state index is -0.844. The molecule has 3 rings (SSSR count). The van der Waals surface area contributed by atoms with Crippen molar-refractivity contribution in [2.75, 3.05) is 6.61 Å². The van der Waals surface area contributed by atoms with Crippen molar-refractivity contribution < 1.29 is 28.8 Å². The lowest BCUT2D eigenvalue weighted by atomic mass is 9.75. The maximum atomic E-state index is 13.0. The molecule has 0 bridgehead atoms. The minimum Gasteiger partial charge on any atom is -0.458 e. The Hall–Kier alpha value is -3.55. The van der Waals surface area contributed by atoms with Crippen LogP contribution in [0.3, 0.4) is 0 Å². The van der Waals surface area contributed by atoms with Crippen molar-refractivity contribution in [3.8, 4) is 0 Å². The Labute approximate surface area is 198 Å². The number of ether oxygens (including phenoxy) is 2. The maximum Gasteiger partial charge on any atom is 0.339 e. The van der Waals surface area contributed by atoms with E-state index >= 15 is 0 Å². The van der Waals surface area contributed by atoms with E-state index in [2.05, 4.69) is 20.8 Å². The second-order valence-electron chi connectivity index (χ2n) is 9.12. The normalized spacial score (nSPS) is 19.9. The monoisotopic (exact) mass is 467 g/mol. The quantitative estimate of drug-likeness (QED) is 0.225. The summed E-state index contributed by atoms with van der Waals surface area (Å²) in [7, 11) is 0. The van der Waals surface area contributed by atoms with E-state index in [1.54, 1.807) is 12.1 Å². The van der Waals surface area contributed by atoms with Crippen LogP contribution in [0.2, 0.25) is 0 Å². The number of rotatable bonds is 8. The van der Waals surface area contributed by atoms with E-state index in [1.807, 2.05) is 0 Å². The topological polar surface area (TPSA) is 113 Å². The van der Waals surface area contributed by atoms with E-state index in [-0.39, 0.29) is 34.4 Å². The Morgan fingerprint density at radius 1 is 1.03 bits per heavy atom. The Morgan fingerprint density at radius 2 is 1.71 bits per heavy atom. The molecule has 2 aromatic carbocycles. The van der Waals surface area contributed by atoms with Crippen LogP contribution in [0.25, 0.3) is 0 Å². The third-order valence-corrected chi connectivity index (χ3v) is 6.30. The molecule has 1 aliphatic carbocycles. The molecule has 0 spiro atoms. The highest BCUT2D eigenvalue weighted by Gasteiger charge is 2.34. The highest BCUT2D eigenvalue weighted by atomic mass is 16.6. The smallest absolute Gasteiger partial charge is 0.339 e. The molecule has 0 aromatic heterocycles. The second kappa shape index (κ2) is 11.0. The van der Waals surface area contributed by atoms with Gasteiger partial charge in [0.2, 0.25) is 5.78 Å². The van der Waals surface area contributed by atoms with Crippen molar-refractivity contribution in [1.82, 2.24) is 0 Å². The molecular weight excluding hydrogens is 438 g/mol. The maximum absolute atomic E-state index is 13.0. The van der Waals surface area contributed by atoms with Gasteiger partial charge < -0.3 is 9.47 Å². The lowest BCUT2D eigenvalue weighted by molar-refractivity contribution is -0.384. The van der Waals surface area contributed by atoms with E-state index in [4.69, 9.17) is 9.47 Å². The molecule has 8 nitrogen and oxygen atoms in total. The van der Waals surface area contributed by atoms with Crippen LogP contribution in [0.5, 0.6) is 0 Å². The van der Waals surface area contributed by atoms with Crippen LogP contribution in [0, 0.1) is 27.9 Å². The van der Waals surface area contributed by atoms with Gasteiger partial charge in [0.25, 0.3) is 5.69 Å². The van der Waals surface area contributed by atoms with Crippen molar-refractivity contribution in [3.63, 3.8) is 0 Å². The summed E-state index contributed by atoms with van der Waals surface area (Å²) in [4.78, 5) is 48.4. The number of nitro groups is 1. The highest BCUT2D eigenvalue weighted by molar-refractivity contribution is 6.04. The Balaban J connectivity index is 1.70. The van der Waals surface area contributed by atoms with Crippen molar-refractivity contribution >= 4 is 23.4 Å². The molecule has 180 valence electrons. The molecule has 0 saturated heterocycles. The van der Waals surface area contributed by atoms with Gasteiger partial charge in [-0.05, 0) is 42.7 Å². The SMILES string of the molecule is CC1CCC(C(C)C)C(OC(=O)c2ccccc2C(=O)OCC(=O)c2cccc([N+](=O)[O-])c2)C1. The van der Waals surface area contributed by atoms with Crippen LogP contribution in [0.4, 0.5) is 5.69 Å². The summed E-state index contributed by atoms with van der Waals surface area (Å²) >= 11 is 0. The standard InChI is InChI=1S/C26H29NO7/c1-16(2)20-12-11-17(3)13-24(20)34-26(30)22-10-5-4-9-21(22)25(29)33-15-23(28)18-7-6-8-19(14-18)27(31)32/h4-10,14,16-17,20,24H,11-13,15H2,1-3H3. The number of carbonyl (C=O) groups excluding carboxylic acids is 3. The zero-order chi connectivity index (χ0) is 24.8. The van der Waals surface area contributed by atoms with Crippen LogP contribution in [-0.2, 0) is 9.47 Å². The molecule has 3 atom stereocenters. The lowest BCUT2D eigenvalue weighted by Crippen LogP contribution is -2.36. The number of carbonyl (C=O) groups is 3. The number of hydrogen-bond donors (Lipinski definition) is 0. The first-order valence-electron chi connectivity index (χ1n) is 11.4. The molecular formula is C26H29NO7. The van der Waals surface area contributed by atoms with Gasteiger partial charge in [0.05, 0.1) is 16.1 Å². The fourth-order valence-corrected chi connectivity index (χ4v) is 4.38. The first-order chi connectivity index (χ1) is 16.2. The summed E-state index contributed by atoms with van der Waals surface area (Å²) in [6, 6.07) is 11.3. The van der Waals surface area contributed by atoms with Gasteiger partial charge in [-0.1, -0.05) is 51.5 Å². The molecule has 1 saturated carbocycles. The summed E-state index contributed by atoms with van der Waals surface area (Å²) < 4.78 is 11.0. The van der Waals surface area contributed by atoms with Crippen molar-refractivity contribution in [3.05, 3.63) is 75.3 Å². The zero-order valence-corrected chi connectivity index (χ0v) is 19.6. The number of nitrogens with zero attached hydrogens (tertiary/aromatic N) is 1. The Morgan fingerprint density at radius 3 is 2.35 bits per heavy atom. The second-order valence-corrected chi connectivity index (χ2v) is 9.12. The first-order valence-corrected chi connectivity index (χ1v) is 11.4. The van der Waals surface area contributed by atoms with E-state index in [1.165, 1.54) is 30.3 Å². The van der Waals surface area contributed by atoms with Gasteiger partial charge in [-0.15, -0.1) is 0 Å². The van der Waals surface area contributed by atoms with Gasteiger partial charge >= 0.3 is 11.9 Å². The predicted octanol–water partition coefficient (Wildman–Crippen LogP) is 5.25. The first kappa shape index (κ1) is 25.1. The summed E-state index contributed by atoms with van der Waals surface area (Å²) in [6.07, 6.45) is 2.63. The van der Waals surface area contributed by atoms with Gasteiger partial charge in [0, 0.05) is 17.7 Å². The van der Waals surface area contributed by atoms with Gasteiger partial charge in [-0.25, -0.2) is 9.59 Å². The third kappa shape index (κ3) is 6.07. The number of non-ortho nitro benzene ring substituents is 1. The third-order valence-electron chi connectivity index (χ3n) is 6.30. The predicted molar refractivity (Wildman–Crippen MR) is 125 cm³/mol. The number of nitro benzene ring substituents is 1. The Bertz CT molecular complexity index is 1080. The van der Waals surface area contributed by atoms with Gasteiger partial charge in [0.15, 0.2) is 6.61 Å². The lowest BCUT2D eigenvalue weighted by Gasteiger charge is -2.36. The number of esters is 2. The molecule has 0 radical (unpaired) electrons. The van der Waals surface area contributed by atoms with Crippen LogP contribution < -0.4 is 0 Å². The minimum absolute atomic E-state index is 0.00398. The van der Waals surface area contributed by atoms with Crippen LogP contribution in [0.1, 0.15) is 71.1 Å². The summed E-state index contributed by atoms with van der Waals surface area (Å²) in [5, 5.41) is 10.9. The molecule has 8 heteroatoms. The van der Waals surface area contributed by atoms with Crippen molar-refractivity contribution in [2.24, 2.45) is 17.8 Å². The van der Waals surface area contributed by atoms with E-state index in [9.17, 15) is 24.5 Å². The van der Waals surface area contributed by atoms with Crippen LogP contribution in [-0.4, -0.2) is 35.4 Å². The molecule has 0 aliphatic heterocycles. The number of ketones is 1. The highest BCUT2D eigenvalue weighted by Crippen LogP contribution is 2.35. The molecule has 0 amide bonds.